The van der Waals surface area contributed by atoms with E-state index in [9.17, 15) is 4.79 Å². The number of rotatable bonds is 5. The molecular formula is C12H17N5O2. The van der Waals surface area contributed by atoms with E-state index >= 15 is 0 Å². The van der Waals surface area contributed by atoms with Gasteiger partial charge in [-0.15, -0.1) is 0 Å². The predicted octanol–water partition coefficient (Wildman–Crippen LogP) is 0.949. The Balaban J connectivity index is 2.01. The van der Waals surface area contributed by atoms with Gasteiger partial charge in [0, 0.05) is 18.8 Å². The maximum atomic E-state index is 11.9. The second-order valence-electron chi connectivity index (χ2n) is 4.75. The number of aromatic nitrogens is 4. The molecule has 0 bridgehead atoms. The first-order valence-corrected chi connectivity index (χ1v) is 6.13. The lowest BCUT2D eigenvalue weighted by atomic mass is 10.0. The molecule has 0 aliphatic carbocycles. The molecule has 0 saturated heterocycles. The zero-order valence-electron chi connectivity index (χ0n) is 11.2. The Kier molecular flexibility index (Phi) is 3.64. The number of aromatic amines is 1. The third kappa shape index (κ3) is 3.18. The monoisotopic (exact) mass is 263 g/mol. The van der Waals surface area contributed by atoms with Gasteiger partial charge >= 0.3 is 0 Å². The molecule has 2 rings (SSSR count). The minimum Gasteiger partial charge on any atom is -0.348 e. The Bertz CT molecular complexity index is 544. The van der Waals surface area contributed by atoms with Crippen molar-refractivity contribution >= 4 is 5.91 Å². The molecule has 19 heavy (non-hydrogen) atoms. The van der Waals surface area contributed by atoms with Gasteiger partial charge in [-0.25, -0.2) is 4.98 Å². The quantitative estimate of drug-likeness (QED) is 0.837. The number of nitrogens with zero attached hydrogens (tertiary/aromatic N) is 3. The fourth-order valence-corrected chi connectivity index (χ4v) is 1.65. The number of H-pyrrole nitrogens is 1. The Morgan fingerprint density at radius 1 is 1.53 bits per heavy atom. The summed E-state index contributed by atoms with van der Waals surface area (Å²) in [5.41, 5.74) is -0.680. The molecular weight excluding hydrogens is 246 g/mol. The first-order chi connectivity index (χ1) is 9.01. The summed E-state index contributed by atoms with van der Waals surface area (Å²) in [6.45, 7) is 5.59. The van der Waals surface area contributed by atoms with Gasteiger partial charge in [0.15, 0.2) is 5.82 Å². The van der Waals surface area contributed by atoms with Crippen LogP contribution in [0.3, 0.4) is 0 Å². The van der Waals surface area contributed by atoms with Crippen molar-refractivity contribution in [2.24, 2.45) is 0 Å². The third-order valence-electron chi connectivity index (χ3n) is 2.66. The van der Waals surface area contributed by atoms with E-state index in [1.807, 2.05) is 20.8 Å². The zero-order valence-corrected chi connectivity index (χ0v) is 11.2. The lowest BCUT2D eigenvalue weighted by molar-refractivity contribution is -0.122. The van der Waals surface area contributed by atoms with E-state index < -0.39 is 5.54 Å². The van der Waals surface area contributed by atoms with Crippen LogP contribution < -0.4 is 5.32 Å². The summed E-state index contributed by atoms with van der Waals surface area (Å²) in [6, 6.07) is 0. The lowest BCUT2D eigenvalue weighted by Gasteiger charge is -2.22. The standard InChI is InChI=1S/C12H17N5O2/c1-4-10-15-11(17-19-10)12(2,3)16-9(18)7-8-13-5-6-14-8/h5-6H,4,7H2,1-3H3,(H,13,14)(H,16,18). The maximum Gasteiger partial charge on any atom is 0.228 e. The molecule has 2 aromatic heterocycles. The highest BCUT2D eigenvalue weighted by Crippen LogP contribution is 2.16. The van der Waals surface area contributed by atoms with Gasteiger partial charge < -0.3 is 14.8 Å². The molecule has 0 saturated carbocycles. The van der Waals surface area contributed by atoms with Gasteiger partial charge in [-0.3, -0.25) is 4.79 Å². The molecule has 0 radical (unpaired) electrons. The van der Waals surface area contributed by atoms with Crippen molar-refractivity contribution in [3.8, 4) is 0 Å². The van der Waals surface area contributed by atoms with Crippen LogP contribution in [0.4, 0.5) is 0 Å². The number of carbonyl (C=O) groups is 1. The number of amides is 1. The van der Waals surface area contributed by atoms with Crippen LogP contribution in [0.25, 0.3) is 0 Å². The fraction of sp³-hybridized carbons (Fsp3) is 0.500. The van der Waals surface area contributed by atoms with Gasteiger partial charge in [-0.05, 0) is 13.8 Å². The van der Waals surface area contributed by atoms with Crippen molar-refractivity contribution in [3.05, 3.63) is 29.9 Å². The molecule has 0 aromatic carbocycles. The van der Waals surface area contributed by atoms with Crippen LogP contribution in [0.15, 0.2) is 16.9 Å². The van der Waals surface area contributed by atoms with E-state index in [0.29, 0.717) is 24.0 Å². The van der Waals surface area contributed by atoms with Crippen molar-refractivity contribution < 1.29 is 9.32 Å². The third-order valence-corrected chi connectivity index (χ3v) is 2.66. The van der Waals surface area contributed by atoms with E-state index in [1.165, 1.54) is 0 Å². The summed E-state index contributed by atoms with van der Waals surface area (Å²) in [7, 11) is 0. The van der Waals surface area contributed by atoms with Gasteiger partial charge in [0.2, 0.25) is 11.8 Å². The minimum absolute atomic E-state index is 0.150. The average molecular weight is 263 g/mol. The molecule has 0 fully saturated rings. The molecule has 2 aromatic rings. The number of carbonyl (C=O) groups excluding carboxylic acids is 1. The van der Waals surface area contributed by atoms with Crippen LogP contribution >= 0.6 is 0 Å². The molecule has 2 N–H and O–H groups in total. The van der Waals surface area contributed by atoms with Crippen molar-refractivity contribution in [1.29, 1.82) is 0 Å². The Morgan fingerprint density at radius 3 is 2.89 bits per heavy atom. The van der Waals surface area contributed by atoms with Crippen molar-refractivity contribution in [1.82, 2.24) is 25.4 Å². The Labute approximate surface area is 110 Å². The molecule has 0 aliphatic rings. The Hall–Kier alpha value is -2.18. The van der Waals surface area contributed by atoms with Crippen LogP contribution in [0.2, 0.25) is 0 Å². The molecule has 102 valence electrons. The second-order valence-corrected chi connectivity index (χ2v) is 4.75. The van der Waals surface area contributed by atoms with E-state index in [2.05, 4.69) is 25.4 Å². The maximum absolute atomic E-state index is 11.9. The summed E-state index contributed by atoms with van der Waals surface area (Å²) in [5.74, 6) is 1.50. The molecule has 7 nitrogen and oxygen atoms in total. The molecule has 0 aliphatic heterocycles. The molecule has 0 atom stereocenters. The largest absolute Gasteiger partial charge is 0.348 e. The van der Waals surface area contributed by atoms with E-state index in [0.717, 1.165) is 0 Å². The summed E-state index contributed by atoms with van der Waals surface area (Å²) in [5, 5.41) is 6.75. The van der Waals surface area contributed by atoms with E-state index in [1.54, 1.807) is 12.4 Å². The van der Waals surface area contributed by atoms with Gasteiger partial charge in [0.1, 0.15) is 5.82 Å². The number of imidazole rings is 1. The zero-order chi connectivity index (χ0) is 13.9. The van der Waals surface area contributed by atoms with Crippen LogP contribution in [-0.2, 0) is 23.2 Å². The van der Waals surface area contributed by atoms with Crippen molar-refractivity contribution in [2.45, 2.75) is 39.2 Å². The minimum atomic E-state index is -0.680. The van der Waals surface area contributed by atoms with E-state index in [4.69, 9.17) is 4.52 Å². The summed E-state index contributed by atoms with van der Waals surface area (Å²) >= 11 is 0. The smallest absolute Gasteiger partial charge is 0.228 e. The van der Waals surface area contributed by atoms with Gasteiger partial charge in [0.05, 0.1) is 12.0 Å². The van der Waals surface area contributed by atoms with Gasteiger partial charge in [-0.1, -0.05) is 12.1 Å². The fourth-order valence-electron chi connectivity index (χ4n) is 1.65. The molecule has 2 heterocycles. The number of hydrogen-bond acceptors (Lipinski definition) is 5. The SMILES string of the molecule is CCc1nc(C(C)(C)NC(=O)Cc2ncc[nH]2)no1. The molecule has 7 heteroatoms. The molecule has 0 spiro atoms. The summed E-state index contributed by atoms with van der Waals surface area (Å²) < 4.78 is 5.06. The first kappa shape index (κ1) is 13.3. The van der Waals surface area contributed by atoms with Crippen LogP contribution in [0.5, 0.6) is 0 Å². The highest BCUT2D eigenvalue weighted by Gasteiger charge is 2.28. The molecule has 1 amide bonds. The van der Waals surface area contributed by atoms with Crippen LogP contribution in [0.1, 0.15) is 38.3 Å². The molecule has 0 unspecified atom stereocenters. The van der Waals surface area contributed by atoms with Crippen LogP contribution in [0, 0.1) is 0 Å². The highest BCUT2D eigenvalue weighted by molar-refractivity contribution is 5.78. The summed E-state index contributed by atoms with van der Waals surface area (Å²) in [6.07, 6.45) is 4.15. The van der Waals surface area contributed by atoms with Gasteiger partial charge in [-0.2, -0.15) is 4.98 Å². The highest BCUT2D eigenvalue weighted by atomic mass is 16.5. The number of hydrogen-bond donors (Lipinski definition) is 2. The normalized spacial score (nSPS) is 11.5. The lowest BCUT2D eigenvalue weighted by Crippen LogP contribution is -2.42. The van der Waals surface area contributed by atoms with Crippen molar-refractivity contribution in [3.63, 3.8) is 0 Å². The summed E-state index contributed by atoms with van der Waals surface area (Å²) in [4.78, 5) is 23.0. The predicted molar refractivity (Wildman–Crippen MR) is 67.1 cm³/mol. The van der Waals surface area contributed by atoms with E-state index in [-0.39, 0.29) is 12.3 Å². The Morgan fingerprint density at radius 2 is 2.32 bits per heavy atom. The topological polar surface area (TPSA) is 96.7 Å². The number of aryl methyl sites for hydroxylation is 1. The second kappa shape index (κ2) is 5.21. The van der Waals surface area contributed by atoms with Gasteiger partial charge in [0.25, 0.3) is 0 Å². The van der Waals surface area contributed by atoms with Crippen LogP contribution in [-0.4, -0.2) is 26.0 Å². The number of nitrogens with one attached hydrogen (secondary N) is 2. The van der Waals surface area contributed by atoms with Crippen molar-refractivity contribution in [2.75, 3.05) is 0 Å². The first-order valence-electron chi connectivity index (χ1n) is 6.13. The average Bonchev–Trinajstić information content (AvgIpc) is 2.97.